The van der Waals surface area contributed by atoms with E-state index in [1.165, 1.54) is 32.1 Å². The maximum absolute atomic E-state index is 6.09. The van der Waals surface area contributed by atoms with Crippen LogP contribution in [0.25, 0.3) is 0 Å². The van der Waals surface area contributed by atoms with Gasteiger partial charge in [0.25, 0.3) is 0 Å². The molecule has 0 radical (unpaired) electrons. The minimum absolute atomic E-state index is 0.117. The van der Waals surface area contributed by atoms with E-state index in [9.17, 15) is 0 Å². The lowest BCUT2D eigenvalue weighted by Gasteiger charge is -2.25. The van der Waals surface area contributed by atoms with Crippen LogP contribution in [0.1, 0.15) is 83.0 Å². The summed E-state index contributed by atoms with van der Waals surface area (Å²) in [5, 5.41) is 4.15. The summed E-state index contributed by atoms with van der Waals surface area (Å²) < 4.78 is 5.35. The standard InChI is InChI=1S/C15H27N3O/c1-4-11-5-7-12(8-6-11)14-17-15(19-18-14)13(16)9-10(2)3/h10-13H,4-9,16H2,1-3H3/t11?,12?,13-/m0/s1. The Bertz CT molecular complexity index is 380. The molecule has 1 saturated carbocycles. The zero-order valence-electron chi connectivity index (χ0n) is 12.4. The van der Waals surface area contributed by atoms with Gasteiger partial charge in [-0.2, -0.15) is 4.98 Å². The molecule has 1 fully saturated rings. The maximum atomic E-state index is 6.09. The van der Waals surface area contributed by atoms with Crippen molar-refractivity contribution in [2.75, 3.05) is 0 Å². The van der Waals surface area contributed by atoms with Crippen LogP contribution in [0, 0.1) is 11.8 Å². The van der Waals surface area contributed by atoms with Crippen molar-refractivity contribution in [2.24, 2.45) is 17.6 Å². The molecule has 0 unspecified atom stereocenters. The molecule has 108 valence electrons. The minimum atomic E-state index is -0.117. The molecule has 4 nitrogen and oxygen atoms in total. The molecule has 0 amide bonds. The smallest absolute Gasteiger partial charge is 0.243 e. The summed E-state index contributed by atoms with van der Waals surface area (Å²) >= 11 is 0. The van der Waals surface area contributed by atoms with Crippen molar-refractivity contribution >= 4 is 0 Å². The van der Waals surface area contributed by atoms with E-state index in [4.69, 9.17) is 10.3 Å². The number of nitrogens with zero attached hydrogens (tertiary/aromatic N) is 2. The van der Waals surface area contributed by atoms with E-state index in [0.717, 1.165) is 18.2 Å². The molecule has 1 aromatic rings. The van der Waals surface area contributed by atoms with Crippen LogP contribution in [0.15, 0.2) is 4.52 Å². The van der Waals surface area contributed by atoms with Crippen LogP contribution in [0.3, 0.4) is 0 Å². The number of hydrogen-bond acceptors (Lipinski definition) is 4. The number of nitrogens with two attached hydrogens (primary N) is 1. The maximum Gasteiger partial charge on any atom is 0.243 e. The van der Waals surface area contributed by atoms with E-state index >= 15 is 0 Å². The van der Waals surface area contributed by atoms with E-state index in [0.29, 0.717) is 17.7 Å². The number of rotatable bonds is 5. The first-order chi connectivity index (χ1) is 9.10. The van der Waals surface area contributed by atoms with Crippen LogP contribution < -0.4 is 5.73 Å². The van der Waals surface area contributed by atoms with Crippen molar-refractivity contribution in [3.63, 3.8) is 0 Å². The average molecular weight is 265 g/mol. The molecule has 1 aliphatic rings. The summed E-state index contributed by atoms with van der Waals surface area (Å²) in [6.45, 7) is 6.59. The number of aromatic nitrogens is 2. The third kappa shape index (κ3) is 3.78. The van der Waals surface area contributed by atoms with E-state index in [1.807, 2.05) is 0 Å². The van der Waals surface area contributed by atoms with E-state index in [-0.39, 0.29) is 6.04 Å². The SMILES string of the molecule is CCC1CCC(c2noc([C@@H](N)CC(C)C)n2)CC1. The van der Waals surface area contributed by atoms with Gasteiger partial charge in [0.05, 0.1) is 6.04 Å². The quantitative estimate of drug-likeness (QED) is 0.879. The molecule has 0 spiro atoms. The lowest BCUT2D eigenvalue weighted by atomic mass is 9.80. The third-order valence-corrected chi connectivity index (χ3v) is 4.29. The summed E-state index contributed by atoms with van der Waals surface area (Å²) in [6, 6.07) is -0.117. The van der Waals surface area contributed by atoms with Gasteiger partial charge in [-0.1, -0.05) is 32.3 Å². The Labute approximate surface area is 116 Å². The molecule has 1 aliphatic carbocycles. The van der Waals surface area contributed by atoms with Gasteiger partial charge in [-0.15, -0.1) is 0 Å². The molecule has 0 aromatic carbocycles. The Morgan fingerprint density at radius 3 is 2.53 bits per heavy atom. The van der Waals surface area contributed by atoms with Gasteiger partial charge in [-0.05, 0) is 43.9 Å². The van der Waals surface area contributed by atoms with E-state index in [1.54, 1.807) is 0 Å². The van der Waals surface area contributed by atoms with Crippen molar-refractivity contribution in [3.05, 3.63) is 11.7 Å². The van der Waals surface area contributed by atoms with Crippen molar-refractivity contribution in [3.8, 4) is 0 Å². The normalized spacial score (nSPS) is 25.7. The Morgan fingerprint density at radius 2 is 1.95 bits per heavy atom. The molecule has 0 bridgehead atoms. The third-order valence-electron chi connectivity index (χ3n) is 4.29. The van der Waals surface area contributed by atoms with E-state index < -0.39 is 0 Å². The highest BCUT2D eigenvalue weighted by atomic mass is 16.5. The topological polar surface area (TPSA) is 64.9 Å². The Kier molecular flexibility index (Phi) is 4.97. The lowest BCUT2D eigenvalue weighted by Crippen LogP contribution is -2.15. The molecule has 1 heterocycles. The van der Waals surface area contributed by atoms with Crippen LogP contribution in [0.5, 0.6) is 0 Å². The molecule has 19 heavy (non-hydrogen) atoms. The molecule has 2 rings (SSSR count). The molecule has 0 saturated heterocycles. The zero-order valence-corrected chi connectivity index (χ0v) is 12.4. The predicted octanol–water partition coefficient (Wildman–Crippen LogP) is 3.80. The minimum Gasteiger partial charge on any atom is -0.338 e. The molecule has 1 atom stereocenters. The summed E-state index contributed by atoms with van der Waals surface area (Å²) in [5.74, 6) is 3.41. The molecule has 0 aliphatic heterocycles. The van der Waals surface area contributed by atoms with Crippen LogP contribution in [0.2, 0.25) is 0 Å². The highest BCUT2D eigenvalue weighted by Gasteiger charge is 2.26. The molecule has 1 aromatic heterocycles. The highest BCUT2D eigenvalue weighted by Crippen LogP contribution is 2.36. The molecule has 4 heteroatoms. The zero-order chi connectivity index (χ0) is 13.8. The van der Waals surface area contributed by atoms with Crippen molar-refractivity contribution in [1.82, 2.24) is 10.1 Å². The Balaban J connectivity index is 1.94. The van der Waals surface area contributed by atoms with Crippen LogP contribution >= 0.6 is 0 Å². The Morgan fingerprint density at radius 1 is 1.26 bits per heavy atom. The average Bonchev–Trinajstić information content (AvgIpc) is 2.88. The van der Waals surface area contributed by atoms with Gasteiger partial charge in [0.1, 0.15) is 0 Å². The molecule has 2 N–H and O–H groups in total. The van der Waals surface area contributed by atoms with Gasteiger partial charge in [-0.25, -0.2) is 0 Å². The first-order valence-corrected chi connectivity index (χ1v) is 7.69. The second-order valence-corrected chi connectivity index (χ2v) is 6.35. The molecular formula is C15H27N3O. The Hall–Kier alpha value is -0.900. The fourth-order valence-electron chi connectivity index (χ4n) is 3.00. The van der Waals surface area contributed by atoms with Crippen molar-refractivity contribution in [1.29, 1.82) is 0 Å². The summed E-state index contributed by atoms with van der Waals surface area (Å²) in [4.78, 5) is 4.53. The first-order valence-electron chi connectivity index (χ1n) is 7.69. The fraction of sp³-hybridized carbons (Fsp3) is 0.867. The van der Waals surface area contributed by atoms with Crippen LogP contribution in [-0.4, -0.2) is 10.1 Å². The first kappa shape index (κ1) is 14.5. The van der Waals surface area contributed by atoms with Gasteiger partial charge in [-0.3, -0.25) is 0 Å². The van der Waals surface area contributed by atoms with Gasteiger partial charge in [0.15, 0.2) is 5.82 Å². The fourth-order valence-corrected chi connectivity index (χ4v) is 3.00. The lowest BCUT2D eigenvalue weighted by molar-refractivity contribution is 0.299. The second kappa shape index (κ2) is 6.51. The number of hydrogen-bond donors (Lipinski definition) is 1. The summed E-state index contributed by atoms with van der Waals surface area (Å²) in [5.41, 5.74) is 6.09. The van der Waals surface area contributed by atoms with Gasteiger partial charge < -0.3 is 10.3 Å². The molecular weight excluding hydrogens is 238 g/mol. The van der Waals surface area contributed by atoms with Gasteiger partial charge >= 0.3 is 0 Å². The van der Waals surface area contributed by atoms with Gasteiger partial charge in [0, 0.05) is 5.92 Å². The largest absolute Gasteiger partial charge is 0.338 e. The van der Waals surface area contributed by atoms with E-state index in [2.05, 4.69) is 30.9 Å². The van der Waals surface area contributed by atoms with Crippen molar-refractivity contribution in [2.45, 2.75) is 71.3 Å². The van der Waals surface area contributed by atoms with Crippen LogP contribution in [0.4, 0.5) is 0 Å². The predicted molar refractivity (Wildman–Crippen MR) is 75.7 cm³/mol. The second-order valence-electron chi connectivity index (χ2n) is 6.35. The summed E-state index contributed by atoms with van der Waals surface area (Å²) in [7, 11) is 0. The highest BCUT2D eigenvalue weighted by molar-refractivity contribution is 5.00. The van der Waals surface area contributed by atoms with Crippen molar-refractivity contribution < 1.29 is 4.52 Å². The monoisotopic (exact) mass is 265 g/mol. The van der Waals surface area contributed by atoms with Gasteiger partial charge in [0.2, 0.25) is 5.89 Å². The summed E-state index contributed by atoms with van der Waals surface area (Å²) in [6.07, 6.45) is 7.16. The van der Waals surface area contributed by atoms with Crippen LogP contribution in [-0.2, 0) is 0 Å².